The SMILES string of the molecule is CC(C)Oc1ccccc1CNC1CCCCC1. The van der Waals surface area contributed by atoms with Crippen molar-refractivity contribution in [2.75, 3.05) is 0 Å². The van der Waals surface area contributed by atoms with Gasteiger partial charge in [0.25, 0.3) is 0 Å². The van der Waals surface area contributed by atoms with Gasteiger partial charge in [-0.25, -0.2) is 0 Å². The van der Waals surface area contributed by atoms with Crippen LogP contribution in [-0.2, 0) is 6.54 Å². The maximum absolute atomic E-state index is 5.85. The van der Waals surface area contributed by atoms with E-state index in [0.29, 0.717) is 6.04 Å². The minimum absolute atomic E-state index is 0.237. The van der Waals surface area contributed by atoms with Gasteiger partial charge in [-0.1, -0.05) is 37.5 Å². The van der Waals surface area contributed by atoms with Crippen LogP contribution in [0.2, 0.25) is 0 Å². The lowest BCUT2D eigenvalue weighted by Gasteiger charge is -2.23. The smallest absolute Gasteiger partial charge is 0.124 e. The minimum Gasteiger partial charge on any atom is -0.491 e. The van der Waals surface area contributed by atoms with E-state index >= 15 is 0 Å². The number of nitrogens with one attached hydrogen (secondary N) is 1. The second-order valence-corrected chi connectivity index (χ2v) is 5.49. The Kier molecular flexibility index (Phi) is 5.06. The Hall–Kier alpha value is -1.02. The molecule has 0 amide bonds. The minimum atomic E-state index is 0.237. The van der Waals surface area contributed by atoms with Crippen LogP contribution in [0.3, 0.4) is 0 Å². The molecule has 1 aliphatic carbocycles. The third-order valence-electron chi connectivity index (χ3n) is 3.52. The summed E-state index contributed by atoms with van der Waals surface area (Å²) in [7, 11) is 0. The van der Waals surface area contributed by atoms with Crippen LogP contribution in [0, 0.1) is 0 Å². The molecule has 2 heteroatoms. The van der Waals surface area contributed by atoms with Crippen molar-refractivity contribution in [1.29, 1.82) is 0 Å². The van der Waals surface area contributed by atoms with Crippen LogP contribution in [-0.4, -0.2) is 12.1 Å². The lowest BCUT2D eigenvalue weighted by molar-refractivity contribution is 0.238. The molecule has 2 rings (SSSR count). The van der Waals surface area contributed by atoms with Crippen molar-refractivity contribution < 1.29 is 4.74 Å². The molecule has 18 heavy (non-hydrogen) atoms. The van der Waals surface area contributed by atoms with Gasteiger partial charge in [0.2, 0.25) is 0 Å². The van der Waals surface area contributed by atoms with E-state index in [9.17, 15) is 0 Å². The van der Waals surface area contributed by atoms with E-state index in [-0.39, 0.29) is 6.10 Å². The molecular weight excluding hydrogens is 222 g/mol. The Morgan fingerprint density at radius 2 is 1.89 bits per heavy atom. The van der Waals surface area contributed by atoms with Gasteiger partial charge in [0.15, 0.2) is 0 Å². The molecule has 0 atom stereocenters. The van der Waals surface area contributed by atoms with Gasteiger partial charge in [-0.15, -0.1) is 0 Å². The summed E-state index contributed by atoms with van der Waals surface area (Å²) in [6, 6.07) is 9.06. The largest absolute Gasteiger partial charge is 0.491 e. The molecule has 1 aliphatic rings. The number of rotatable bonds is 5. The van der Waals surface area contributed by atoms with Crippen LogP contribution in [0.4, 0.5) is 0 Å². The predicted molar refractivity (Wildman–Crippen MR) is 75.9 cm³/mol. The van der Waals surface area contributed by atoms with E-state index in [1.807, 2.05) is 6.07 Å². The average molecular weight is 247 g/mol. The second-order valence-electron chi connectivity index (χ2n) is 5.49. The van der Waals surface area contributed by atoms with Crippen molar-refractivity contribution in [3.63, 3.8) is 0 Å². The predicted octanol–water partition coefficient (Wildman–Crippen LogP) is 3.90. The molecule has 1 aromatic rings. The van der Waals surface area contributed by atoms with E-state index in [4.69, 9.17) is 4.74 Å². The van der Waals surface area contributed by atoms with Crippen molar-refractivity contribution >= 4 is 0 Å². The van der Waals surface area contributed by atoms with Crippen molar-refractivity contribution in [3.8, 4) is 5.75 Å². The summed E-state index contributed by atoms with van der Waals surface area (Å²) in [5.74, 6) is 1.02. The maximum Gasteiger partial charge on any atom is 0.124 e. The summed E-state index contributed by atoms with van der Waals surface area (Å²) >= 11 is 0. The molecule has 0 radical (unpaired) electrons. The van der Waals surface area contributed by atoms with Crippen molar-refractivity contribution in [1.82, 2.24) is 5.32 Å². The summed E-state index contributed by atoms with van der Waals surface area (Å²) in [6.07, 6.45) is 7.05. The van der Waals surface area contributed by atoms with Gasteiger partial charge in [0.05, 0.1) is 6.10 Å². The van der Waals surface area contributed by atoms with Gasteiger partial charge in [0.1, 0.15) is 5.75 Å². The Morgan fingerprint density at radius 3 is 2.61 bits per heavy atom. The number of hydrogen-bond acceptors (Lipinski definition) is 2. The van der Waals surface area contributed by atoms with Crippen LogP contribution < -0.4 is 10.1 Å². The summed E-state index contributed by atoms with van der Waals surface area (Å²) in [4.78, 5) is 0. The van der Waals surface area contributed by atoms with Crippen LogP contribution in [0.5, 0.6) is 5.75 Å². The quantitative estimate of drug-likeness (QED) is 0.852. The Morgan fingerprint density at radius 1 is 1.17 bits per heavy atom. The normalized spacial score (nSPS) is 17.1. The highest BCUT2D eigenvalue weighted by Crippen LogP contribution is 2.21. The number of benzene rings is 1. The maximum atomic E-state index is 5.85. The van der Waals surface area contributed by atoms with E-state index in [2.05, 4.69) is 37.4 Å². The molecule has 0 spiro atoms. The fourth-order valence-electron chi connectivity index (χ4n) is 2.58. The summed E-state index contributed by atoms with van der Waals surface area (Å²) in [5.41, 5.74) is 1.27. The molecule has 0 bridgehead atoms. The van der Waals surface area contributed by atoms with E-state index in [0.717, 1.165) is 12.3 Å². The second kappa shape index (κ2) is 6.79. The first-order chi connectivity index (χ1) is 8.75. The molecule has 0 heterocycles. The first-order valence-corrected chi connectivity index (χ1v) is 7.23. The highest BCUT2D eigenvalue weighted by atomic mass is 16.5. The topological polar surface area (TPSA) is 21.3 Å². The van der Waals surface area contributed by atoms with E-state index < -0.39 is 0 Å². The lowest BCUT2D eigenvalue weighted by atomic mass is 9.95. The average Bonchev–Trinajstić information content (AvgIpc) is 2.38. The van der Waals surface area contributed by atoms with E-state index in [1.165, 1.54) is 37.7 Å². The third-order valence-corrected chi connectivity index (χ3v) is 3.52. The van der Waals surface area contributed by atoms with Crippen molar-refractivity contribution in [3.05, 3.63) is 29.8 Å². The zero-order valence-corrected chi connectivity index (χ0v) is 11.6. The lowest BCUT2D eigenvalue weighted by Crippen LogP contribution is -2.30. The molecular formula is C16H25NO. The van der Waals surface area contributed by atoms with Gasteiger partial charge < -0.3 is 10.1 Å². The molecule has 0 unspecified atom stereocenters. The summed E-state index contributed by atoms with van der Waals surface area (Å²) in [6.45, 7) is 5.07. The fourth-order valence-corrected chi connectivity index (χ4v) is 2.58. The third kappa shape index (κ3) is 4.02. The molecule has 0 saturated heterocycles. The van der Waals surface area contributed by atoms with Gasteiger partial charge in [0, 0.05) is 18.2 Å². The summed E-state index contributed by atoms with van der Waals surface area (Å²) < 4.78 is 5.85. The Bertz CT molecular complexity index is 356. The van der Waals surface area contributed by atoms with Gasteiger partial charge in [-0.3, -0.25) is 0 Å². The first kappa shape index (κ1) is 13.4. The van der Waals surface area contributed by atoms with Crippen molar-refractivity contribution in [2.45, 2.75) is 64.6 Å². The van der Waals surface area contributed by atoms with Crippen LogP contribution in [0.15, 0.2) is 24.3 Å². The Labute approximate surface area is 111 Å². The van der Waals surface area contributed by atoms with Gasteiger partial charge >= 0.3 is 0 Å². The van der Waals surface area contributed by atoms with Crippen molar-refractivity contribution in [2.24, 2.45) is 0 Å². The van der Waals surface area contributed by atoms with E-state index in [1.54, 1.807) is 0 Å². The number of para-hydroxylation sites is 1. The fraction of sp³-hybridized carbons (Fsp3) is 0.625. The summed E-state index contributed by atoms with van der Waals surface area (Å²) in [5, 5.41) is 3.67. The van der Waals surface area contributed by atoms with Gasteiger partial charge in [-0.2, -0.15) is 0 Å². The number of hydrogen-bond donors (Lipinski definition) is 1. The standard InChI is InChI=1S/C16H25NO/c1-13(2)18-16-11-7-6-8-14(16)12-17-15-9-4-3-5-10-15/h6-8,11,13,15,17H,3-5,9-10,12H2,1-2H3. The molecule has 0 aromatic heterocycles. The monoisotopic (exact) mass is 247 g/mol. The highest BCUT2D eigenvalue weighted by molar-refractivity contribution is 5.33. The molecule has 0 aliphatic heterocycles. The molecule has 2 nitrogen and oxygen atoms in total. The molecule has 1 fully saturated rings. The van der Waals surface area contributed by atoms with Crippen LogP contribution >= 0.6 is 0 Å². The molecule has 1 saturated carbocycles. The van der Waals surface area contributed by atoms with Gasteiger partial charge in [-0.05, 0) is 32.8 Å². The van der Waals surface area contributed by atoms with Crippen LogP contribution in [0.1, 0.15) is 51.5 Å². The zero-order chi connectivity index (χ0) is 12.8. The van der Waals surface area contributed by atoms with Crippen LogP contribution in [0.25, 0.3) is 0 Å². The highest BCUT2D eigenvalue weighted by Gasteiger charge is 2.13. The molecule has 1 N–H and O–H groups in total. The number of ether oxygens (including phenoxy) is 1. The molecule has 1 aromatic carbocycles. The molecule has 100 valence electrons. The first-order valence-electron chi connectivity index (χ1n) is 7.23. The Balaban J connectivity index is 1.91. The zero-order valence-electron chi connectivity index (χ0n) is 11.6.